The molecule has 2 N–H and O–H groups in total. The van der Waals surface area contributed by atoms with Gasteiger partial charge in [0.25, 0.3) is 5.91 Å². The van der Waals surface area contributed by atoms with Crippen LogP contribution in [0.1, 0.15) is 16.8 Å². The third kappa shape index (κ3) is 2.29. The van der Waals surface area contributed by atoms with Gasteiger partial charge in [-0.2, -0.15) is 0 Å². The standard InChI is InChI=1S/C14H16N2O3/c1-18-10-2-3-11-12(8-19-13(11)6-10)14(17)16-9-4-5-15-7-9/h2-3,6,8-9,15H,4-5,7H2,1H3,(H,16,17)/t9-/m0/s1. The molecule has 0 saturated carbocycles. The molecule has 1 fully saturated rings. The van der Waals surface area contributed by atoms with Crippen molar-refractivity contribution in [3.63, 3.8) is 0 Å². The maximum atomic E-state index is 12.2. The minimum atomic E-state index is -0.0855. The number of methoxy groups -OCH3 is 1. The lowest BCUT2D eigenvalue weighted by Gasteiger charge is -2.10. The first-order chi connectivity index (χ1) is 9.28. The van der Waals surface area contributed by atoms with Gasteiger partial charge in [-0.05, 0) is 25.1 Å². The number of carbonyl (C=O) groups excluding carboxylic acids is 1. The molecule has 0 aliphatic carbocycles. The molecule has 0 spiro atoms. The number of hydrogen-bond acceptors (Lipinski definition) is 4. The summed E-state index contributed by atoms with van der Waals surface area (Å²) in [5.74, 6) is 0.631. The highest BCUT2D eigenvalue weighted by Gasteiger charge is 2.20. The highest BCUT2D eigenvalue weighted by molar-refractivity contribution is 6.06. The molecule has 5 nitrogen and oxygen atoms in total. The van der Waals surface area contributed by atoms with Crippen LogP contribution in [-0.2, 0) is 0 Å². The first kappa shape index (κ1) is 12.0. The predicted molar refractivity (Wildman–Crippen MR) is 71.5 cm³/mol. The number of benzene rings is 1. The molecule has 0 radical (unpaired) electrons. The first-order valence-electron chi connectivity index (χ1n) is 6.35. The largest absolute Gasteiger partial charge is 0.497 e. The van der Waals surface area contributed by atoms with Crippen LogP contribution in [0.15, 0.2) is 28.9 Å². The van der Waals surface area contributed by atoms with Crippen molar-refractivity contribution in [2.24, 2.45) is 0 Å². The maximum absolute atomic E-state index is 12.2. The molecule has 2 heterocycles. The lowest BCUT2D eigenvalue weighted by Crippen LogP contribution is -2.36. The molecule has 1 atom stereocenters. The molecule has 0 unspecified atom stereocenters. The van der Waals surface area contributed by atoms with Crippen LogP contribution in [0, 0.1) is 0 Å². The average molecular weight is 260 g/mol. The Morgan fingerprint density at radius 2 is 2.42 bits per heavy atom. The fraction of sp³-hybridized carbons (Fsp3) is 0.357. The Balaban J connectivity index is 1.85. The minimum Gasteiger partial charge on any atom is -0.497 e. The number of rotatable bonds is 3. The number of furan rings is 1. The second-order valence-corrected chi connectivity index (χ2v) is 4.67. The Morgan fingerprint density at radius 3 is 3.16 bits per heavy atom. The zero-order chi connectivity index (χ0) is 13.2. The molecule has 0 bridgehead atoms. The quantitative estimate of drug-likeness (QED) is 0.878. The monoisotopic (exact) mass is 260 g/mol. The number of nitrogens with one attached hydrogen (secondary N) is 2. The number of amides is 1. The summed E-state index contributed by atoms with van der Waals surface area (Å²) in [4.78, 5) is 12.2. The summed E-state index contributed by atoms with van der Waals surface area (Å²) < 4.78 is 10.6. The Bertz CT molecular complexity index is 600. The summed E-state index contributed by atoms with van der Waals surface area (Å²) in [5, 5.41) is 7.04. The van der Waals surface area contributed by atoms with Crippen molar-refractivity contribution in [3.8, 4) is 5.75 Å². The number of hydrogen-bond donors (Lipinski definition) is 2. The lowest BCUT2D eigenvalue weighted by atomic mass is 10.1. The minimum absolute atomic E-state index is 0.0855. The van der Waals surface area contributed by atoms with E-state index in [1.54, 1.807) is 13.2 Å². The molecule has 1 aromatic carbocycles. The van der Waals surface area contributed by atoms with E-state index in [-0.39, 0.29) is 11.9 Å². The smallest absolute Gasteiger partial charge is 0.255 e. The number of carbonyl (C=O) groups is 1. The third-order valence-electron chi connectivity index (χ3n) is 3.42. The van der Waals surface area contributed by atoms with Gasteiger partial charge in [0, 0.05) is 24.0 Å². The van der Waals surface area contributed by atoms with Gasteiger partial charge in [0.1, 0.15) is 17.6 Å². The molecule has 3 rings (SSSR count). The number of ether oxygens (including phenoxy) is 1. The zero-order valence-corrected chi connectivity index (χ0v) is 10.7. The highest BCUT2D eigenvalue weighted by atomic mass is 16.5. The molecule has 19 heavy (non-hydrogen) atoms. The van der Waals surface area contributed by atoms with Gasteiger partial charge in [-0.25, -0.2) is 0 Å². The van der Waals surface area contributed by atoms with Gasteiger partial charge in [-0.1, -0.05) is 0 Å². The van der Waals surface area contributed by atoms with Crippen molar-refractivity contribution >= 4 is 16.9 Å². The first-order valence-corrected chi connectivity index (χ1v) is 6.35. The Kier molecular flexibility index (Phi) is 3.13. The molecule has 1 amide bonds. The molecule has 1 aliphatic heterocycles. The lowest BCUT2D eigenvalue weighted by molar-refractivity contribution is 0.0941. The summed E-state index contributed by atoms with van der Waals surface area (Å²) in [6, 6.07) is 5.66. The average Bonchev–Trinajstić information content (AvgIpc) is 3.06. The van der Waals surface area contributed by atoms with Gasteiger partial charge >= 0.3 is 0 Å². The molecular formula is C14H16N2O3. The van der Waals surface area contributed by atoms with Crippen LogP contribution in [0.25, 0.3) is 11.0 Å². The maximum Gasteiger partial charge on any atom is 0.255 e. The predicted octanol–water partition coefficient (Wildman–Crippen LogP) is 1.53. The topological polar surface area (TPSA) is 63.5 Å². The molecule has 1 saturated heterocycles. The zero-order valence-electron chi connectivity index (χ0n) is 10.7. The Hall–Kier alpha value is -2.01. The van der Waals surface area contributed by atoms with Gasteiger partial charge < -0.3 is 19.8 Å². The molecule has 100 valence electrons. The fourth-order valence-electron chi connectivity index (χ4n) is 2.35. The SMILES string of the molecule is COc1ccc2c(C(=O)N[C@H]3CCNC3)coc2c1. The summed E-state index contributed by atoms with van der Waals surface area (Å²) in [5.41, 5.74) is 1.23. The van der Waals surface area contributed by atoms with E-state index >= 15 is 0 Å². The van der Waals surface area contributed by atoms with Crippen molar-refractivity contribution in [1.29, 1.82) is 0 Å². The molecule has 1 aliphatic rings. The van der Waals surface area contributed by atoms with Crippen molar-refractivity contribution < 1.29 is 13.9 Å². The highest BCUT2D eigenvalue weighted by Crippen LogP contribution is 2.25. The van der Waals surface area contributed by atoms with Crippen LogP contribution in [0.4, 0.5) is 0 Å². The van der Waals surface area contributed by atoms with Crippen molar-refractivity contribution in [2.45, 2.75) is 12.5 Å². The van der Waals surface area contributed by atoms with Gasteiger partial charge in [0.05, 0.1) is 12.7 Å². The van der Waals surface area contributed by atoms with Gasteiger partial charge in [-0.3, -0.25) is 4.79 Å². The van der Waals surface area contributed by atoms with Crippen LogP contribution in [-0.4, -0.2) is 32.1 Å². The van der Waals surface area contributed by atoms with Gasteiger partial charge in [0.15, 0.2) is 0 Å². The van der Waals surface area contributed by atoms with Crippen molar-refractivity contribution in [1.82, 2.24) is 10.6 Å². The summed E-state index contributed by atoms with van der Waals surface area (Å²) >= 11 is 0. The van der Waals surface area contributed by atoms with Crippen LogP contribution in [0.5, 0.6) is 5.75 Å². The van der Waals surface area contributed by atoms with E-state index in [1.165, 1.54) is 6.26 Å². The Labute approximate surface area is 110 Å². The normalized spacial score (nSPS) is 18.7. The molecular weight excluding hydrogens is 244 g/mol. The van der Waals surface area contributed by atoms with Crippen LogP contribution in [0.3, 0.4) is 0 Å². The third-order valence-corrected chi connectivity index (χ3v) is 3.42. The van der Waals surface area contributed by atoms with E-state index in [0.29, 0.717) is 16.9 Å². The molecule has 5 heteroatoms. The van der Waals surface area contributed by atoms with E-state index in [1.807, 2.05) is 12.1 Å². The van der Waals surface area contributed by atoms with E-state index in [9.17, 15) is 4.79 Å². The molecule has 2 aromatic rings. The van der Waals surface area contributed by atoms with Crippen LogP contribution < -0.4 is 15.4 Å². The van der Waals surface area contributed by atoms with Gasteiger partial charge in [0.2, 0.25) is 0 Å². The van der Waals surface area contributed by atoms with Gasteiger partial charge in [-0.15, -0.1) is 0 Å². The molecule has 1 aromatic heterocycles. The van der Waals surface area contributed by atoms with Crippen molar-refractivity contribution in [2.75, 3.05) is 20.2 Å². The fourth-order valence-corrected chi connectivity index (χ4v) is 2.35. The van der Waals surface area contributed by atoms with Crippen LogP contribution >= 0.6 is 0 Å². The van der Waals surface area contributed by atoms with E-state index in [0.717, 1.165) is 24.9 Å². The Morgan fingerprint density at radius 1 is 1.53 bits per heavy atom. The van der Waals surface area contributed by atoms with Crippen molar-refractivity contribution in [3.05, 3.63) is 30.0 Å². The van der Waals surface area contributed by atoms with E-state index in [4.69, 9.17) is 9.15 Å². The second-order valence-electron chi connectivity index (χ2n) is 4.67. The van der Waals surface area contributed by atoms with E-state index < -0.39 is 0 Å². The van der Waals surface area contributed by atoms with E-state index in [2.05, 4.69) is 10.6 Å². The summed E-state index contributed by atoms with van der Waals surface area (Å²) in [6.07, 6.45) is 2.47. The number of fused-ring (bicyclic) bond motifs is 1. The second kappa shape index (κ2) is 4.93. The van der Waals surface area contributed by atoms with Crippen LogP contribution in [0.2, 0.25) is 0 Å². The summed E-state index contributed by atoms with van der Waals surface area (Å²) in [6.45, 7) is 1.78. The summed E-state index contributed by atoms with van der Waals surface area (Å²) in [7, 11) is 1.60.